The molecule has 0 spiro atoms. The Bertz CT molecular complexity index is 433. The lowest BCUT2D eigenvalue weighted by Gasteiger charge is -2.13. The van der Waals surface area contributed by atoms with E-state index in [2.05, 4.69) is 45.4 Å². The predicted molar refractivity (Wildman–Crippen MR) is 82.0 cm³/mol. The summed E-state index contributed by atoms with van der Waals surface area (Å²) in [7, 11) is 1.73. The monoisotopic (exact) mass is 329 g/mol. The molecule has 0 saturated heterocycles. The molecule has 2 N–H and O–H groups in total. The minimum atomic E-state index is -0.171. The van der Waals surface area contributed by atoms with Gasteiger partial charge in [0.05, 0.1) is 0 Å². The van der Waals surface area contributed by atoms with E-state index in [0.29, 0.717) is 24.4 Å². The third-order valence-corrected chi connectivity index (χ3v) is 3.09. The summed E-state index contributed by atoms with van der Waals surface area (Å²) in [5.74, 6) is 1.14. The van der Waals surface area contributed by atoms with E-state index in [1.807, 2.05) is 0 Å². The third kappa shape index (κ3) is 6.05. The van der Waals surface area contributed by atoms with E-state index >= 15 is 0 Å². The average Bonchev–Trinajstić information content (AvgIpc) is 2.37. The lowest BCUT2D eigenvalue weighted by Crippen LogP contribution is -2.39. The second-order valence-electron chi connectivity index (χ2n) is 4.76. The first kappa shape index (κ1) is 16.0. The summed E-state index contributed by atoms with van der Waals surface area (Å²) in [5.41, 5.74) is 0.696. The smallest absolute Gasteiger partial charge is 0.190 e. The van der Waals surface area contributed by atoms with Gasteiger partial charge in [0.15, 0.2) is 5.96 Å². The largest absolute Gasteiger partial charge is 0.356 e. The maximum absolute atomic E-state index is 13.5. The maximum Gasteiger partial charge on any atom is 0.190 e. The molecule has 0 heterocycles. The van der Waals surface area contributed by atoms with Crippen LogP contribution in [0, 0.1) is 11.7 Å². The van der Waals surface area contributed by atoms with E-state index in [0.717, 1.165) is 17.0 Å². The molecular weight excluding hydrogens is 309 g/mol. The Balaban J connectivity index is 2.42. The summed E-state index contributed by atoms with van der Waals surface area (Å²) in [6, 6.07) is 4.99. The van der Waals surface area contributed by atoms with Gasteiger partial charge in [0.2, 0.25) is 0 Å². The van der Waals surface area contributed by atoms with Crippen LogP contribution in [0.2, 0.25) is 0 Å². The Morgan fingerprint density at radius 1 is 1.37 bits per heavy atom. The van der Waals surface area contributed by atoms with Gasteiger partial charge in [0.1, 0.15) is 5.82 Å². The highest BCUT2D eigenvalue weighted by molar-refractivity contribution is 9.10. The summed E-state index contributed by atoms with van der Waals surface area (Å²) in [4.78, 5) is 4.12. The zero-order valence-electron chi connectivity index (χ0n) is 11.6. The minimum Gasteiger partial charge on any atom is -0.356 e. The molecule has 0 aromatic heterocycles. The van der Waals surface area contributed by atoms with Gasteiger partial charge in [-0.2, -0.15) is 0 Å². The van der Waals surface area contributed by atoms with Crippen LogP contribution in [0.1, 0.15) is 19.4 Å². The molecule has 106 valence electrons. The molecule has 0 aliphatic carbocycles. The molecule has 0 radical (unpaired) electrons. The second kappa shape index (κ2) is 8.15. The number of nitrogens with zero attached hydrogens (tertiary/aromatic N) is 1. The average molecular weight is 330 g/mol. The molecule has 0 atom stereocenters. The number of rotatable bonds is 5. The number of nitrogens with one attached hydrogen (secondary N) is 2. The topological polar surface area (TPSA) is 36.4 Å². The highest BCUT2D eigenvalue weighted by atomic mass is 79.9. The number of halogens is 2. The second-order valence-corrected chi connectivity index (χ2v) is 5.68. The highest BCUT2D eigenvalue weighted by Gasteiger charge is 2.04. The van der Waals surface area contributed by atoms with Gasteiger partial charge in [-0.1, -0.05) is 29.8 Å². The normalized spacial score (nSPS) is 11.8. The summed E-state index contributed by atoms with van der Waals surface area (Å²) in [6.07, 6.45) is 0.619. The van der Waals surface area contributed by atoms with Crippen molar-refractivity contribution >= 4 is 21.9 Å². The third-order valence-electron chi connectivity index (χ3n) is 2.60. The highest BCUT2D eigenvalue weighted by Crippen LogP contribution is 2.15. The van der Waals surface area contributed by atoms with Gasteiger partial charge in [-0.05, 0) is 36.1 Å². The molecule has 0 amide bonds. The Labute approximate surface area is 122 Å². The SMILES string of the molecule is CN=C(NCCc1cc(Br)ccc1F)NCC(C)C. The van der Waals surface area contributed by atoms with Gasteiger partial charge in [-0.15, -0.1) is 0 Å². The number of hydrogen-bond donors (Lipinski definition) is 2. The molecule has 1 aromatic rings. The summed E-state index contributed by atoms with van der Waals surface area (Å²) in [5, 5.41) is 6.39. The molecule has 1 aromatic carbocycles. The molecule has 19 heavy (non-hydrogen) atoms. The van der Waals surface area contributed by atoms with E-state index in [9.17, 15) is 4.39 Å². The van der Waals surface area contributed by atoms with E-state index in [1.165, 1.54) is 6.07 Å². The molecule has 3 nitrogen and oxygen atoms in total. The van der Waals surface area contributed by atoms with Crippen LogP contribution in [0.25, 0.3) is 0 Å². The predicted octanol–water partition coefficient (Wildman–Crippen LogP) is 2.95. The molecule has 1 rings (SSSR count). The van der Waals surface area contributed by atoms with Crippen molar-refractivity contribution in [3.8, 4) is 0 Å². The minimum absolute atomic E-state index is 0.171. The summed E-state index contributed by atoms with van der Waals surface area (Å²) >= 11 is 3.35. The fraction of sp³-hybridized carbons (Fsp3) is 0.500. The number of hydrogen-bond acceptors (Lipinski definition) is 1. The lowest BCUT2D eigenvalue weighted by atomic mass is 10.1. The van der Waals surface area contributed by atoms with Crippen molar-refractivity contribution in [3.05, 3.63) is 34.1 Å². The van der Waals surface area contributed by atoms with Crippen molar-refractivity contribution in [2.75, 3.05) is 20.1 Å². The molecule has 0 aliphatic heterocycles. The van der Waals surface area contributed by atoms with Crippen LogP contribution >= 0.6 is 15.9 Å². The molecular formula is C14H21BrFN3. The van der Waals surface area contributed by atoms with Crippen molar-refractivity contribution in [2.24, 2.45) is 10.9 Å². The number of benzene rings is 1. The van der Waals surface area contributed by atoms with Gasteiger partial charge in [0.25, 0.3) is 0 Å². The maximum atomic E-state index is 13.5. The van der Waals surface area contributed by atoms with Crippen LogP contribution in [0.4, 0.5) is 4.39 Å². The molecule has 0 aliphatic rings. The fourth-order valence-electron chi connectivity index (χ4n) is 1.57. The first-order valence-electron chi connectivity index (χ1n) is 6.41. The van der Waals surface area contributed by atoms with Gasteiger partial charge in [-0.3, -0.25) is 4.99 Å². The Morgan fingerprint density at radius 3 is 2.74 bits per heavy atom. The van der Waals surface area contributed by atoms with Crippen molar-refractivity contribution in [1.29, 1.82) is 0 Å². The number of guanidine groups is 1. The summed E-state index contributed by atoms with van der Waals surface area (Å²) in [6.45, 7) is 5.78. The molecule has 0 unspecified atom stereocenters. The first-order valence-corrected chi connectivity index (χ1v) is 7.20. The Kier molecular flexibility index (Phi) is 6.84. The lowest BCUT2D eigenvalue weighted by molar-refractivity contribution is 0.601. The fourth-order valence-corrected chi connectivity index (χ4v) is 1.98. The van der Waals surface area contributed by atoms with Crippen molar-refractivity contribution in [3.63, 3.8) is 0 Å². The van der Waals surface area contributed by atoms with Crippen molar-refractivity contribution in [1.82, 2.24) is 10.6 Å². The molecule has 0 fully saturated rings. The van der Waals surface area contributed by atoms with Crippen LogP contribution in [-0.2, 0) is 6.42 Å². The standard InChI is InChI=1S/C14H21BrFN3/c1-10(2)9-19-14(17-3)18-7-6-11-8-12(15)4-5-13(11)16/h4-5,8,10H,6-7,9H2,1-3H3,(H2,17,18,19). The van der Waals surface area contributed by atoms with Crippen LogP contribution in [0.15, 0.2) is 27.7 Å². The molecule has 0 bridgehead atoms. The van der Waals surface area contributed by atoms with E-state index in [4.69, 9.17) is 0 Å². The molecule has 5 heteroatoms. The van der Waals surface area contributed by atoms with Gasteiger partial charge in [-0.25, -0.2) is 4.39 Å². The quantitative estimate of drug-likeness (QED) is 0.643. The first-order chi connectivity index (χ1) is 9.02. The van der Waals surface area contributed by atoms with E-state index in [-0.39, 0.29) is 5.82 Å². The van der Waals surface area contributed by atoms with Crippen LogP contribution < -0.4 is 10.6 Å². The zero-order valence-corrected chi connectivity index (χ0v) is 13.2. The Hall–Kier alpha value is -1.10. The van der Waals surface area contributed by atoms with Gasteiger partial charge in [0, 0.05) is 24.6 Å². The Morgan fingerprint density at radius 2 is 2.11 bits per heavy atom. The number of aliphatic imine (C=N–C) groups is 1. The van der Waals surface area contributed by atoms with E-state index < -0.39 is 0 Å². The van der Waals surface area contributed by atoms with Crippen molar-refractivity contribution < 1.29 is 4.39 Å². The van der Waals surface area contributed by atoms with Crippen molar-refractivity contribution in [2.45, 2.75) is 20.3 Å². The zero-order chi connectivity index (χ0) is 14.3. The van der Waals surface area contributed by atoms with Crippen LogP contribution in [0.3, 0.4) is 0 Å². The molecule has 0 saturated carbocycles. The van der Waals surface area contributed by atoms with Crippen LogP contribution in [0.5, 0.6) is 0 Å². The van der Waals surface area contributed by atoms with E-state index in [1.54, 1.807) is 19.2 Å². The van der Waals surface area contributed by atoms with Gasteiger partial charge >= 0.3 is 0 Å². The summed E-state index contributed by atoms with van der Waals surface area (Å²) < 4.78 is 14.4. The van der Waals surface area contributed by atoms with Gasteiger partial charge < -0.3 is 10.6 Å². The van der Waals surface area contributed by atoms with Crippen LogP contribution in [-0.4, -0.2) is 26.1 Å².